The van der Waals surface area contributed by atoms with Crippen LogP contribution in [0.5, 0.6) is 80.9 Å². The fraction of sp³-hybridized carbons (Fsp3) is 0.158. The van der Waals surface area contributed by atoms with Gasteiger partial charge in [-0.05, 0) is 160 Å². The molecule has 0 aliphatic carbocycles. The van der Waals surface area contributed by atoms with Crippen molar-refractivity contribution in [2.75, 3.05) is 44.8 Å². The zero-order valence-corrected chi connectivity index (χ0v) is 67.6. The van der Waals surface area contributed by atoms with Gasteiger partial charge >= 0.3 is 0 Å². The first-order chi connectivity index (χ1) is 57.2. The van der Waals surface area contributed by atoms with Gasteiger partial charge in [0.05, 0.1) is 66.7 Å². The molecule has 0 bridgehead atoms. The van der Waals surface area contributed by atoms with Crippen LogP contribution in [0.4, 0.5) is 28.4 Å². The summed E-state index contributed by atoms with van der Waals surface area (Å²) >= 11 is 6.06. The normalized spacial score (nSPS) is 11.0. The van der Waals surface area contributed by atoms with Gasteiger partial charge in [0.1, 0.15) is 67.5 Å². The molecule has 16 aromatic rings. The lowest BCUT2D eigenvalue weighted by Crippen LogP contribution is -2.10. The van der Waals surface area contributed by atoms with Crippen LogP contribution in [0.15, 0.2) is 286 Å². The van der Waals surface area contributed by atoms with Crippen molar-refractivity contribution in [3.05, 3.63) is 319 Å². The van der Waals surface area contributed by atoms with Crippen LogP contribution in [-0.4, -0.2) is 73.4 Å². The molecule has 596 valence electrons. The van der Waals surface area contributed by atoms with Gasteiger partial charge in [-0.3, -0.25) is 0 Å². The molecule has 22 nitrogen and oxygen atoms in total. The number of methoxy groups -OCH3 is 4. The lowest BCUT2D eigenvalue weighted by Gasteiger charge is -2.19. The number of rotatable bonds is 23. The SMILES string of the molecule is COc1cc2c(Cl)ncnc2cc1OCc1ccccc1.COc1cc2c(Oc3ccc(N)cc3)ncnc2cc1OCc1ccccc1.COc1cc2c(Oc3ccc(Nc4ccc(C(C)(C)C)cc4)cc3)ncnc2cc1O.COc1cc2c(Oc3ccc(Nc4ccc(C(C)(C)C)cc4)cc3)ncnc2cc1OCc1ccccc1. The van der Waals surface area contributed by atoms with Crippen molar-refractivity contribution >= 4 is 83.6 Å². The number of hydrogen-bond donors (Lipinski definition) is 4. The summed E-state index contributed by atoms with van der Waals surface area (Å²) in [5, 5.41) is 20.0. The number of anilines is 5. The van der Waals surface area contributed by atoms with Crippen molar-refractivity contribution in [2.24, 2.45) is 0 Å². The molecule has 0 fully saturated rings. The number of aromatic hydroxyl groups is 1. The average molecular weight is 1600 g/mol. The van der Waals surface area contributed by atoms with Gasteiger partial charge in [0.2, 0.25) is 17.6 Å². The molecule has 23 heteroatoms. The number of hydrogen-bond acceptors (Lipinski definition) is 22. The van der Waals surface area contributed by atoms with E-state index in [1.807, 2.05) is 170 Å². The predicted molar refractivity (Wildman–Crippen MR) is 464 cm³/mol. The third kappa shape index (κ3) is 21.5. The second-order valence-corrected chi connectivity index (χ2v) is 29.3. The van der Waals surface area contributed by atoms with Crippen molar-refractivity contribution in [1.29, 1.82) is 0 Å². The minimum absolute atomic E-state index is 0.0191. The van der Waals surface area contributed by atoms with E-state index in [2.05, 4.69) is 141 Å². The number of nitrogens with one attached hydrogen (secondary N) is 2. The van der Waals surface area contributed by atoms with E-state index in [4.69, 9.17) is 64.7 Å². The van der Waals surface area contributed by atoms with Gasteiger partial charge in [0.25, 0.3) is 0 Å². The molecule has 12 aromatic carbocycles. The minimum atomic E-state index is 0.0191. The molecule has 16 rings (SSSR count). The van der Waals surface area contributed by atoms with E-state index >= 15 is 0 Å². The van der Waals surface area contributed by atoms with Crippen molar-refractivity contribution < 1.29 is 52.5 Å². The first-order valence-electron chi connectivity index (χ1n) is 37.7. The molecule has 4 aromatic heterocycles. The summed E-state index contributed by atoms with van der Waals surface area (Å²) in [4.78, 5) is 34.0. The van der Waals surface area contributed by atoms with Crippen molar-refractivity contribution in [3.8, 4) is 80.9 Å². The van der Waals surface area contributed by atoms with Crippen LogP contribution in [0.1, 0.15) is 69.4 Å². The highest BCUT2D eigenvalue weighted by molar-refractivity contribution is 6.34. The number of benzene rings is 12. The van der Waals surface area contributed by atoms with E-state index in [-0.39, 0.29) is 16.6 Å². The number of phenols is 1. The molecule has 0 saturated heterocycles. The Bertz CT molecular complexity index is 6020. The predicted octanol–water partition coefficient (Wildman–Crippen LogP) is 22.7. The van der Waals surface area contributed by atoms with Crippen molar-refractivity contribution in [3.63, 3.8) is 0 Å². The van der Waals surface area contributed by atoms with E-state index in [0.29, 0.717) is 128 Å². The van der Waals surface area contributed by atoms with E-state index in [1.54, 1.807) is 57.7 Å². The first-order valence-corrected chi connectivity index (χ1v) is 38.1. The van der Waals surface area contributed by atoms with E-state index in [1.165, 1.54) is 49.6 Å². The molecule has 4 heterocycles. The Hall–Kier alpha value is -14.5. The summed E-state index contributed by atoms with van der Waals surface area (Å²) in [7, 11) is 6.30. The second-order valence-electron chi connectivity index (χ2n) is 29.0. The first kappa shape index (κ1) is 81.5. The molecule has 0 spiro atoms. The Morgan fingerprint density at radius 1 is 0.322 bits per heavy atom. The van der Waals surface area contributed by atoms with Crippen LogP contribution < -0.4 is 63.7 Å². The van der Waals surface area contributed by atoms with Crippen LogP contribution in [0.2, 0.25) is 5.15 Å². The smallest absolute Gasteiger partial charge is 0.230 e. The lowest BCUT2D eigenvalue weighted by atomic mass is 9.87. The summed E-state index contributed by atoms with van der Waals surface area (Å²) in [5.41, 5.74) is 19.1. The van der Waals surface area contributed by atoms with Crippen molar-refractivity contribution in [2.45, 2.75) is 72.2 Å². The number of phenolic OH excluding ortho intramolecular Hbond substituents is 1. The summed E-state index contributed by atoms with van der Waals surface area (Å²) in [6.07, 6.45) is 5.78. The highest BCUT2D eigenvalue weighted by Crippen LogP contribution is 2.41. The molecule has 0 amide bonds. The highest BCUT2D eigenvalue weighted by atomic mass is 35.5. The number of ether oxygens (including phenoxy) is 10. The molecule has 0 atom stereocenters. The Morgan fingerprint density at radius 2 is 0.610 bits per heavy atom. The van der Waals surface area contributed by atoms with Crippen LogP contribution in [0.25, 0.3) is 43.6 Å². The number of halogens is 1. The molecule has 0 aliphatic heterocycles. The zero-order chi connectivity index (χ0) is 82.6. The summed E-state index contributed by atoms with van der Waals surface area (Å²) < 4.78 is 57.5. The molecular formula is C95H88ClN11O11. The van der Waals surface area contributed by atoms with Gasteiger partial charge < -0.3 is 68.8 Å². The van der Waals surface area contributed by atoms with Crippen LogP contribution in [0.3, 0.4) is 0 Å². The van der Waals surface area contributed by atoms with Gasteiger partial charge in [-0.2, -0.15) is 0 Å². The number of nitrogens with zero attached hydrogens (tertiary/aromatic N) is 8. The molecule has 5 N–H and O–H groups in total. The third-order valence-electron chi connectivity index (χ3n) is 18.6. The Kier molecular flexibility index (Phi) is 26.3. The van der Waals surface area contributed by atoms with Gasteiger partial charge in [-0.15, -0.1) is 0 Å². The van der Waals surface area contributed by atoms with Crippen LogP contribution in [0, 0.1) is 0 Å². The molecule has 0 saturated carbocycles. The van der Waals surface area contributed by atoms with Gasteiger partial charge in [-0.25, -0.2) is 39.9 Å². The monoisotopic (exact) mass is 1590 g/mol. The highest BCUT2D eigenvalue weighted by Gasteiger charge is 2.20. The Morgan fingerprint density at radius 3 is 0.941 bits per heavy atom. The Labute approximate surface area is 689 Å². The van der Waals surface area contributed by atoms with E-state index < -0.39 is 0 Å². The third-order valence-corrected chi connectivity index (χ3v) is 18.9. The largest absolute Gasteiger partial charge is 0.504 e. The Balaban J connectivity index is 0.000000139. The van der Waals surface area contributed by atoms with Gasteiger partial charge in [0.15, 0.2) is 46.0 Å². The lowest BCUT2D eigenvalue weighted by molar-refractivity contribution is 0.285. The maximum Gasteiger partial charge on any atom is 0.230 e. The topological polar surface area (TPSA) is 266 Å². The number of nitrogen functional groups attached to an aromatic ring is 1. The number of fused-ring (bicyclic) bond motifs is 4. The van der Waals surface area contributed by atoms with Gasteiger partial charge in [0, 0.05) is 58.1 Å². The number of aromatic nitrogens is 8. The fourth-order valence-electron chi connectivity index (χ4n) is 12.1. The average Bonchev–Trinajstić information content (AvgIpc) is 0.806. The molecule has 0 unspecified atom stereocenters. The summed E-state index contributed by atoms with van der Waals surface area (Å²) in [6, 6.07) is 83.5. The molecule has 0 aliphatic rings. The molecule has 118 heavy (non-hydrogen) atoms. The van der Waals surface area contributed by atoms with Gasteiger partial charge in [-0.1, -0.05) is 168 Å². The maximum absolute atomic E-state index is 9.96. The van der Waals surface area contributed by atoms with E-state index in [9.17, 15) is 5.11 Å². The standard InChI is InChI=1S/C32H31N3O3.C25H25N3O3.C22H19N3O3.C16H13ClN2O2/c1-32(2,3)23-10-12-24(13-11-23)35-25-14-16-26(17-15-25)38-31-27-18-29(36-4)30(19-28(27)33-21-34-31)37-20-22-8-6-5-7-9-22;1-25(2,3)16-5-7-17(8-6-16)28-18-9-11-19(12-10-18)31-24-20-13-23(30-4)22(29)14-21(20)26-15-27-24;1-26-20-11-18-19(12-21(20)27-13-15-5-3-2-4-6-15)24-14-25-22(18)28-17-9-7-16(23)8-10-17;1-20-14-7-12-13(18-10-19-16(12)17)8-15(14)21-9-11-5-3-2-4-6-11/h5-19,21,35H,20H2,1-4H3;5-15,28-29H,1-4H3;2-12,14H,13,23H2,1H3;2-8,10H,9H2,1H3. The maximum atomic E-state index is 9.96. The van der Waals surface area contributed by atoms with Crippen LogP contribution in [-0.2, 0) is 30.7 Å². The van der Waals surface area contributed by atoms with Crippen molar-refractivity contribution in [1.82, 2.24) is 39.9 Å². The van der Waals surface area contributed by atoms with Crippen LogP contribution >= 0.6 is 11.6 Å². The number of nitrogens with two attached hydrogens (primary N) is 1. The summed E-state index contributed by atoms with van der Waals surface area (Å²) in [5.74, 6) is 7.19. The molecular weight excluding hydrogens is 1510 g/mol. The fourth-order valence-corrected chi connectivity index (χ4v) is 12.3. The summed E-state index contributed by atoms with van der Waals surface area (Å²) in [6.45, 7) is 14.6. The quantitative estimate of drug-likeness (QED) is 0.0342. The minimum Gasteiger partial charge on any atom is -0.504 e. The zero-order valence-electron chi connectivity index (χ0n) is 66.8. The van der Waals surface area contributed by atoms with E-state index in [0.717, 1.165) is 61.1 Å². The molecule has 0 radical (unpaired) electrons. The second kappa shape index (κ2) is 38.1.